The number of halogens is 1. The van der Waals surface area contributed by atoms with E-state index in [-0.39, 0.29) is 22.3 Å². The number of hydrogen-bond donors (Lipinski definition) is 0. The molecule has 106 valence electrons. The summed E-state index contributed by atoms with van der Waals surface area (Å²) in [4.78, 5) is -0.0226. The second kappa shape index (κ2) is 5.71. The molecule has 19 heavy (non-hydrogen) atoms. The fraction of sp³-hybridized carbons (Fsp3) is 0.538. The lowest BCUT2D eigenvalue weighted by Crippen LogP contribution is -2.11. The van der Waals surface area contributed by atoms with Gasteiger partial charge in [-0.05, 0) is 18.4 Å². The minimum atomic E-state index is -2.88. The Bertz CT molecular complexity index is 556. The Morgan fingerprint density at radius 2 is 2.05 bits per heavy atom. The maximum atomic E-state index is 11.6. The summed E-state index contributed by atoms with van der Waals surface area (Å²) in [7, 11) is 0.325. The van der Waals surface area contributed by atoms with Crippen molar-refractivity contribution in [3.63, 3.8) is 0 Å². The number of ether oxygens (including phenoxy) is 2. The van der Waals surface area contributed by atoms with Crippen molar-refractivity contribution in [3.05, 3.63) is 23.8 Å². The van der Waals surface area contributed by atoms with Crippen LogP contribution < -0.4 is 9.47 Å². The van der Waals surface area contributed by atoms with Gasteiger partial charge in [-0.2, -0.15) is 0 Å². The summed E-state index contributed by atoms with van der Waals surface area (Å²) in [6, 6.07) is 5.59. The average Bonchev–Trinajstić information content (AvgIpc) is 2.77. The van der Waals surface area contributed by atoms with Crippen molar-refractivity contribution < 1.29 is 17.9 Å². The fourth-order valence-electron chi connectivity index (χ4n) is 2.35. The smallest absolute Gasteiger partial charge is 0.150 e. The van der Waals surface area contributed by atoms with E-state index in [2.05, 4.69) is 15.9 Å². The molecule has 0 aliphatic carbocycles. The van der Waals surface area contributed by atoms with Crippen LogP contribution in [0.5, 0.6) is 11.5 Å². The molecule has 4 nitrogen and oxygen atoms in total. The molecule has 6 heteroatoms. The molecule has 0 amide bonds. The van der Waals surface area contributed by atoms with Crippen LogP contribution in [0.1, 0.15) is 16.8 Å². The number of benzene rings is 1. The van der Waals surface area contributed by atoms with Gasteiger partial charge < -0.3 is 9.47 Å². The summed E-state index contributed by atoms with van der Waals surface area (Å²) < 4.78 is 33.6. The largest absolute Gasteiger partial charge is 0.497 e. The Morgan fingerprint density at radius 1 is 1.32 bits per heavy atom. The minimum Gasteiger partial charge on any atom is -0.497 e. The lowest BCUT2D eigenvalue weighted by atomic mass is 9.98. The molecule has 1 aromatic rings. The minimum absolute atomic E-state index is 0.0226. The van der Waals surface area contributed by atoms with Crippen LogP contribution in [0.2, 0.25) is 0 Å². The van der Waals surface area contributed by atoms with Crippen LogP contribution in [-0.2, 0) is 9.84 Å². The van der Waals surface area contributed by atoms with E-state index >= 15 is 0 Å². The zero-order valence-corrected chi connectivity index (χ0v) is 13.3. The zero-order chi connectivity index (χ0) is 14.0. The molecule has 1 aromatic carbocycles. The van der Waals surface area contributed by atoms with E-state index in [0.29, 0.717) is 12.2 Å². The monoisotopic (exact) mass is 348 g/mol. The first kappa shape index (κ1) is 14.7. The van der Waals surface area contributed by atoms with Gasteiger partial charge in [0.05, 0.1) is 25.7 Å². The normalized spacial score (nSPS) is 23.0. The quantitative estimate of drug-likeness (QED) is 0.784. The third-order valence-corrected chi connectivity index (χ3v) is 6.45. The maximum Gasteiger partial charge on any atom is 0.150 e. The average molecular weight is 349 g/mol. The molecule has 0 N–H and O–H groups in total. The van der Waals surface area contributed by atoms with E-state index in [4.69, 9.17) is 9.47 Å². The first-order chi connectivity index (χ1) is 8.96. The van der Waals surface area contributed by atoms with Crippen molar-refractivity contribution in [1.29, 1.82) is 0 Å². The van der Waals surface area contributed by atoms with Gasteiger partial charge in [-0.15, -0.1) is 0 Å². The molecule has 1 fully saturated rings. The van der Waals surface area contributed by atoms with Crippen molar-refractivity contribution in [2.45, 2.75) is 11.2 Å². The lowest BCUT2D eigenvalue weighted by Gasteiger charge is -2.19. The number of alkyl halides is 1. The third kappa shape index (κ3) is 3.23. The highest BCUT2D eigenvalue weighted by atomic mass is 79.9. The van der Waals surface area contributed by atoms with Crippen LogP contribution in [0.4, 0.5) is 0 Å². The molecule has 2 rings (SSSR count). The van der Waals surface area contributed by atoms with Gasteiger partial charge in [-0.25, -0.2) is 8.42 Å². The molecule has 2 unspecified atom stereocenters. The van der Waals surface area contributed by atoms with E-state index in [1.165, 1.54) is 0 Å². The Kier molecular flexibility index (Phi) is 4.40. The predicted molar refractivity (Wildman–Crippen MR) is 78.0 cm³/mol. The Labute approximate surface area is 122 Å². The van der Waals surface area contributed by atoms with Crippen molar-refractivity contribution >= 4 is 25.8 Å². The van der Waals surface area contributed by atoms with Crippen LogP contribution >= 0.6 is 15.9 Å². The lowest BCUT2D eigenvalue weighted by molar-refractivity contribution is 0.388. The van der Waals surface area contributed by atoms with Gasteiger partial charge in [-0.3, -0.25) is 0 Å². The van der Waals surface area contributed by atoms with Gasteiger partial charge in [0.25, 0.3) is 0 Å². The molecule has 1 heterocycles. The molecule has 2 atom stereocenters. The van der Waals surface area contributed by atoms with E-state index in [0.717, 1.165) is 11.3 Å². The molecule has 0 radical (unpaired) electrons. The van der Waals surface area contributed by atoms with Crippen LogP contribution in [0.3, 0.4) is 0 Å². The first-order valence-electron chi connectivity index (χ1n) is 6.03. The number of sulfone groups is 1. The van der Waals surface area contributed by atoms with Gasteiger partial charge in [0.1, 0.15) is 11.5 Å². The van der Waals surface area contributed by atoms with E-state index in [1.54, 1.807) is 14.2 Å². The SMILES string of the molecule is COc1ccc(C(Br)C2CCS(=O)(=O)C2)c(OC)c1. The molecule has 0 aromatic heterocycles. The number of rotatable bonds is 4. The highest BCUT2D eigenvalue weighted by Crippen LogP contribution is 2.42. The topological polar surface area (TPSA) is 52.6 Å². The summed E-state index contributed by atoms with van der Waals surface area (Å²) in [6.07, 6.45) is 0.688. The molecule has 0 bridgehead atoms. The Hall–Kier alpha value is -0.750. The Morgan fingerprint density at radius 3 is 2.58 bits per heavy atom. The zero-order valence-electron chi connectivity index (χ0n) is 10.9. The van der Waals surface area contributed by atoms with Crippen molar-refractivity contribution in [2.24, 2.45) is 5.92 Å². The van der Waals surface area contributed by atoms with Crippen LogP contribution in [0.15, 0.2) is 18.2 Å². The fourth-order valence-corrected chi connectivity index (χ4v) is 5.27. The number of hydrogen-bond acceptors (Lipinski definition) is 4. The van der Waals surface area contributed by atoms with E-state index in [1.807, 2.05) is 18.2 Å². The molecule has 1 saturated heterocycles. The van der Waals surface area contributed by atoms with E-state index in [9.17, 15) is 8.42 Å². The summed E-state index contributed by atoms with van der Waals surface area (Å²) in [5.74, 6) is 2.04. The van der Waals surface area contributed by atoms with Crippen molar-refractivity contribution in [3.8, 4) is 11.5 Å². The van der Waals surface area contributed by atoms with Gasteiger partial charge in [0.2, 0.25) is 0 Å². The van der Waals surface area contributed by atoms with Gasteiger partial charge >= 0.3 is 0 Å². The van der Waals surface area contributed by atoms with Crippen molar-refractivity contribution in [1.82, 2.24) is 0 Å². The highest BCUT2D eigenvalue weighted by molar-refractivity contribution is 9.09. The highest BCUT2D eigenvalue weighted by Gasteiger charge is 2.34. The van der Waals surface area contributed by atoms with Gasteiger partial charge in [-0.1, -0.05) is 22.0 Å². The summed E-state index contributed by atoms with van der Waals surface area (Å²) in [5, 5.41) is 0. The number of methoxy groups -OCH3 is 2. The summed E-state index contributed by atoms with van der Waals surface area (Å²) >= 11 is 3.62. The molecular formula is C13H17BrO4S. The predicted octanol–water partition coefficient (Wildman–Crippen LogP) is 2.57. The molecule has 0 spiro atoms. The second-order valence-electron chi connectivity index (χ2n) is 4.67. The van der Waals surface area contributed by atoms with Crippen LogP contribution in [0.25, 0.3) is 0 Å². The Balaban J connectivity index is 2.26. The van der Waals surface area contributed by atoms with Gasteiger partial charge in [0, 0.05) is 16.5 Å². The molecule has 1 aliphatic heterocycles. The molecule has 0 saturated carbocycles. The summed E-state index contributed by atoms with van der Waals surface area (Å²) in [5.41, 5.74) is 0.963. The molecule has 1 aliphatic rings. The van der Waals surface area contributed by atoms with E-state index < -0.39 is 9.84 Å². The summed E-state index contributed by atoms with van der Waals surface area (Å²) in [6.45, 7) is 0. The van der Waals surface area contributed by atoms with Crippen LogP contribution in [0, 0.1) is 5.92 Å². The standard InChI is InChI=1S/C13H17BrO4S/c1-17-10-3-4-11(12(7-10)18-2)13(14)9-5-6-19(15,16)8-9/h3-4,7,9,13H,5-6,8H2,1-2H3. The van der Waals surface area contributed by atoms with Crippen molar-refractivity contribution in [2.75, 3.05) is 25.7 Å². The third-order valence-electron chi connectivity index (χ3n) is 3.42. The molecular weight excluding hydrogens is 332 g/mol. The van der Waals surface area contributed by atoms with Crippen LogP contribution in [-0.4, -0.2) is 34.1 Å². The maximum absolute atomic E-state index is 11.6. The first-order valence-corrected chi connectivity index (χ1v) is 8.77. The second-order valence-corrected chi connectivity index (χ2v) is 7.89. The van der Waals surface area contributed by atoms with Gasteiger partial charge in [0.15, 0.2) is 9.84 Å².